The summed E-state index contributed by atoms with van der Waals surface area (Å²) in [7, 11) is 1.37. The molecule has 0 aromatic rings. The van der Waals surface area contributed by atoms with Gasteiger partial charge >= 0.3 is 16.5 Å². The van der Waals surface area contributed by atoms with E-state index < -0.39 is 0 Å². The summed E-state index contributed by atoms with van der Waals surface area (Å²) in [5.74, 6) is 0. The van der Waals surface area contributed by atoms with Crippen LogP contribution in [0.15, 0.2) is 0 Å². The van der Waals surface area contributed by atoms with Crippen LogP contribution in [0.25, 0.3) is 0 Å². The SMILES string of the molecule is CP(C)[C@@H]1CCC[C@H]1P(C)C.CP(C)[C@@H]1CCC[C@H]1P(C)C.[Br-].[Br-].[Ni+2]. The molecule has 0 bridgehead atoms. The Morgan fingerprint density at radius 1 is 0.440 bits per heavy atom. The van der Waals surface area contributed by atoms with Crippen LogP contribution in [0.4, 0.5) is 0 Å². The van der Waals surface area contributed by atoms with Crippen molar-refractivity contribution >= 4 is 31.7 Å². The molecule has 0 unspecified atom stereocenters. The van der Waals surface area contributed by atoms with E-state index in [1.807, 2.05) is 0 Å². The van der Waals surface area contributed by atoms with E-state index in [0.29, 0.717) is 31.7 Å². The van der Waals surface area contributed by atoms with Crippen molar-refractivity contribution in [2.75, 3.05) is 53.3 Å². The summed E-state index contributed by atoms with van der Waals surface area (Å²) in [6, 6.07) is 0. The molecule has 0 nitrogen and oxygen atoms in total. The van der Waals surface area contributed by atoms with Gasteiger partial charge in [0.1, 0.15) is 0 Å². The van der Waals surface area contributed by atoms with Gasteiger partial charge in [0.25, 0.3) is 0 Å². The molecule has 2 aliphatic carbocycles. The van der Waals surface area contributed by atoms with E-state index in [4.69, 9.17) is 0 Å². The Balaban J connectivity index is -0.000000346. The van der Waals surface area contributed by atoms with Crippen LogP contribution in [0.2, 0.25) is 0 Å². The van der Waals surface area contributed by atoms with E-state index in [9.17, 15) is 0 Å². The number of hydrogen-bond acceptors (Lipinski definition) is 0. The second-order valence-corrected chi connectivity index (χ2v) is 18.3. The van der Waals surface area contributed by atoms with E-state index >= 15 is 0 Å². The fourth-order valence-electron chi connectivity index (χ4n) is 4.25. The second-order valence-electron chi connectivity index (χ2n) is 7.99. The average molecular weight is 599 g/mol. The molecule has 0 spiro atoms. The number of rotatable bonds is 4. The molecule has 2 rings (SSSR count). The Kier molecular flexibility index (Phi) is 22.2. The van der Waals surface area contributed by atoms with E-state index in [1.165, 1.54) is 38.5 Å². The van der Waals surface area contributed by atoms with Crippen LogP contribution in [0.5, 0.6) is 0 Å². The van der Waals surface area contributed by atoms with Crippen LogP contribution >= 0.6 is 31.7 Å². The molecule has 25 heavy (non-hydrogen) atoms. The number of halogens is 2. The Hall–Kier alpha value is 3.17. The molecular formula is C18H40Br2NiP4. The molecule has 0 aromatic heterocycles. The summed E-state index contributed by atoms with van der Waals surface area (Å²) in [6.45, 7) is 19.6. The summed E-state index contributed by atoms with van der Waals surface area (Å²) >= 11 is 0. The van der Waals surface area contributed by atoms with E-state index in [0.717, 1.165) is 22.6 Å². The molecule has 2 saturated carbocycles. The summed E-state index contributed by atoms with van der Waals surface area (Å²) in [4.78, 5) is 0. The monoisotopic (exact) mass is 596 g/mol. The molecule has 0 aromatic carbocycles. The third-order valence-electron chi connectivity index (χ3n) is 5.54. The maximum absolute atomic E-state index is 2.46. The van der Waals surface area contributed by atoms with Crippen LogP contribution in [0.1, 0.15) is 38.5 Å². The van der Waals surface area contributed by atoms with Crippen molar-refractivity contribution in [3.63, 3.8) is 0 Å². The maximum Gasteiger partial charge on any atom is 2.00 e. The zero-order valence-electron chi connectivity index (χ0n) is 17.4. The Morgan fingerprint density at radius 3 is 0.720 bits per heavy atom. The van der Waals surface area contributed by atoms with E-state index in [2.05, 4.69) is 53.3 Å². The minimum Gasteiger partial charge on any atom is -1.00 e. The predicted octanol–water partition coefficient (Wildman–Crippen LogP) is 0.787. The first kappa shape index (κ1) is 32.8. The summed E-state index contributed by atoms with van der Waals surface area (Å²) < 4.78 is 0. The Bertz CT molecular complexity index is 259. The summed E-state index contributed by atoms with van der Waals surface area (Å²) in [5, 5.41) is 0. The molecule has 4 atom stereocenters. The van der Waals surface area contributed by atoms with Crippen molar-refractivity contribution < 1.29 is 50.5 Å². The minimum absolute atomic E-state index is 0. The van der Waals surface area contributed by atoms with Gasteiger partial charge in [0, 0.05) is 0 Å². The van der Waals surface area contributed by atoms with Gasteiger partial charge in [-0.3, -0.25) is 0 Å². The molecule has 0 aliphatic heterocycles. The minimum atomic E-state index is 0. The van der Waals surface area contributed by atoms with Crippen molar-refractivity contribution in [2.45, 2.75) is 61.2 Å². The first-order valence-electron chi connectivity index (χ1n) is 8.91. The molecule has 2 aliphatic rings. The smallest absolute Gasteiger partial charge is 1.00 e. The zero-order chi connectivity index (χ0) is 16.9. The average Bonchev–Trinajstić information content (AvgIpc) is 3.08. The first-order valence-corrected chi connectivity index (χ1v) is 18.1. The van der Waals surface area contributed by atoms with Crippen molar-refractivity contribution in [3.05, 3.63) is 0 Å². The normalized spacial score (nSPS) is 28.3. The first-order chi connectivity index (χ1) is 10.3. The topological polar surface area (TPSA) is 0 Å². The maximum atomic E-state index is 2.46. The number of hydrogen-bond donors (Lipinski definition) is 0. The summed E-state index contributed by atoms with van der Waals surface area (Å²) in [5.41, 5.74) is 4.47. The van der Waals surface area contributed by atoms with Gasteiger partial charge in [0.2, 0.25) is 0 Å². The third-order valence-corrected chi connectivity index (χ3v) is 13.8. The van der Waals surface area contributed by atoms with Gasteiger partial charge in [0.05, 0.1) is 0 Å². The third kappa shape index (κ3) is 11.2. The second kappa shape index (κ2) is 16.9. The Morgan fingerprint density at radius 2 is 0.600 bits per heavy atom. The van der Waals surface area contributed by atoms with Gasteiger partial charge < -0.3 is 34.0 Å². The fourth-order valence-corrected chi connectivity index (χ4v) is 13.6. The largest absolute Gasteiger partial charge is 2.00 e. The van der Waals surface area contributed by atoms with Gasteiger partial charge in [-0.25, -0.2) is 0 Å². The van der Waals surface area contributed by atoms with Crippen molar-refractivity contribution in [1.29, 1.82) is 0 Å². The summed E-state index contributed by atoms with van der Waals surface area (Å²) in [6.07, 6.45) is 9.15. The molecule has 0 radical (unpaired) electrons. The van der Waals surface area contributed by atoms with E-state index in [1.54, 1.807) is 0 Å². The van der Waals surface area contributed by atoms with Gasteiger partial charge in [-0.15, -0.1) is 31.7 Å². The van der Waals surface area contributed by atoms with Gasteiger partial charge in [0.15, 0.2) is 0 Å². The van der Waals surface area contributed by atoms with Crippen molar-refractivity contribution in [1.82, 2.24) is 0 Å². The van der Waals surface area contributed by atoms with Gasteiger partial charge in [-0.1, -0.05) is 12.8 Å². The standard InChI is InChI=1S/2C9H20P2.2BrH.Ni/c2*1-10(2)8-6-5-7-9(8)11(3)4;;;/h2*8-9H,5-7H2,1-4H3;2*1H;/q;;;;+2/p-2/t2*8-,9-;;;/m11.../s1. The zero-order valence-corrected chi connectivity index (χ0v) is 25.2. The van der Waals surface area contributed by atoms with Gasteiger partial charge in [-0.2, -0.15) is 0 Å². The Labute approximate surface area is 195 Å². The van der Waals surface area contributed by atoms with Crippen LogP contribution in [-0.2, 0) is 16.5 Å². The van der Waals surface area contributed by atoms with Gasteiger partial charge in [-0.05, 0) is 102 Å². The predicted molar refractivity (Wildman–Crippen MR) is 118 cm³/mol. The molecule has 7 heteroatoms. The quantitative estimate of drug-likeness (QED) is 0.332. The van der Waals surface area contributed by atoms with Crippen molar-refractivity contribution in [2.24, 2.45) is 0 Å². The molecule has 0 saturated heterocycles. The molecular weight excluding hydrogens is 559 g/mol. The van der Waals surface area contributed by atoms with Crippen LogP contribution in [0, 0.1) is 0 Å². The van der Waals surface area contributed by atoms with E-state index in [-0.39, 0.29) is 50.5 Å². The van der Waals surface area contributed by atoms with Crippen LogP contribution < -0.4 is 34.0 Å². The molecule has 2 fully saturated rings. The molecule has 0 N–H and O–H groups in total. The molecule has 0 amide bonds. The molecule has 0 heterocycles. The van der Waals surface area contributed by atoms with Crippen LogP contribution in [-0.4, -0.2) is 76.0 Å². The molecule has 156 valence electrons. The van der Waals surface area contributed by atoms with Crippen molar-refractivity contribution in [3.8, 4) is 0 Å². The fraction of sp³-hybridized carbons (Fsp3) is 1.00. The van der Waals surface area contributed by atoms with Crippen LogP contribution in [0.3, 0.4) is 0 Å².